The predicted molar refractivity (Wildman–Crippen MR) is 68.3 cm³/mol. The van der Waals surface area contributed by atoms with Crippen LogP contribution >= 0.6 is 11.6 Å². The number of nitro benzene ring substituents is 1. The molecule has 0 aliphatic rings. The van der Waals surface area contributed by atoms with Crippen molar-refractivity contribution in [3.05, 3.63) is 46.0 Å². The van der Waals surface area contributed by atoms with E-state index in [0.29, 0.717) is 23.7 Å². The number of methoxy groups -OCH3 is 1. The highest BCUT2D eigenvalue weighted by molar-refractivity contribution is 6.16. The van der Waals surface area contributed by atoms with E-state index >= 15 is 0 Å². The van der Waals surface area contributed by atoms with Gasteiger partial charge in [-0.15, -0.1) is 11.6 Å². The van der Waals surface area contributed by atoms with Crippen LogP contribution in [0.4, 0.5) is 5.69 Å². The molecule has 100 valence electrons. The van der Waals surface area contributed by atoms with Gasteiger partial charge >= 0.3 is 0 Å². The zero-order valence-corrected chi connectivity index (χ0v) is 10.9. The third kappa shape index (κ3) is 3.00. The van der Waals surface area contributed by atoms with Crippen molar-refractivity contribution < 1.29 is 9.66 Å². The highest BCUT2D eigenvalue weighted by atomic mass is 35.5. The highest BCUT2D eigenvalue weighted by Crippen LogP contribution is 2.23. The van der Waals surface area contributed by atoms with Gasteiger partial charge in [-0.2, -0.15) is 5.10 Å². The zero-order valence-electron chi connectivity index (χ0n) is 10.1. The number of aromatic nitrogens is 3. The summed E-state index contributed by atoms with van der Waals surface area (Å²) in [6.45, 7) is 0.347. The molecule has 7 nitrogen and oxygen atoms in total. The van der Waals surface area contributed by atoms with Gasteiger partial charge in [0.2, 0.25) is 0 Å². The SMILES string of the molecule is COc1cc(Cn2ncnc2CCl)cc([N+](=O)[O-])c1. The van der Waals surface area contributed by atoms with Crippen LogP contribution in [-0.4, -0.2) is 26.8 Å². The van der Waals surface area contributed by atoms with Crippen LogP contribution < -0.4 is 4.74 Å². The largest absolute Gasteiger partial charge is 0.496 e. The van der Waals surface area contributed by atoms with Crippen LogP contribution in [0.3, 0.4) is 0 Å². The second-order valence-corrected chi connectivity index (χ2v) is 4.03. The van der Waals surface area contributed by atoms with Crippen LogP contribution in [0, 0.1) is 10.1 Å². The van der Waals surface area contributed by atoms with Gasteiger partial charge in [0.25, 0.3) is 5.69 Å². The van der Waals surface area contributed by atoms with Crippen molar-refractivity contribution in [3.63, 3.8) is 0 Å². The van der Waals surface area contributed by atoms with Crippen LogP contribution in [0.15, 0.2) is 24.5 Å². The fourth-order valence-corrected chi connectivity index (χ4v) is 1.86. The molecule has 0 atom stereocenters. The maximum Gasteiger partial charge on any atom is 0.273 e. The van der Waals surface area contributed by atoms with Crippen LogP contribution in [0.5, 0.6) is 5.75 Å². The molecule has 0 fully saturated rings. The van der Waals surface area contributed by atoms with Gasteiger partial charge in [0.15, 0.2) is 0 Å². The van der Waals surface area contributed by atoms with E-state index in [4.69, 9.17) is 16.3 Å². The van der Waals surface area contributed by atoms with Gasteiger partial charge in [0.05, 0.1) is 30.5 Å². The molecule has 0 aliphatic carbocycles. The molecule has 0 spiro atoms. The van der Waals surface area contributed by atoms with Crippen molar-refractivity contribution >= 4 is 17.3 Å². The van der Waals surface area contributed by atoms with Gasteiger partial charge in [-0.05, 0) is 11.6 Å². The number of hydrogen-bond acceptors (Lipinski definition) is 5. The first-order chi connectivity index (χ1) is 9.13. The first kappa shape index (κ1) is 13.3. The Hall–Kier alpha value is -2.15. The lowest BCUT2D eigenvalue weighted by Gasteiger charge is -2.06. The molecular formula is C11H11ClN4O3. The maximum atomic E-state index is 10.8. The van der Waals surface area contributed by atoms with Crippen LogP contribution in [0.25, 0.3) is 0 Å². The van der Waals surface area contributed by atoms with E-state index in [1.165, 1.54) is 25.6 Å². The predicted octanol–water partition coefficient (Wildman–Crippen LogP) is 1.98. The average molecular weight is 283 g/mol. The molecule has 19 heavy (non-hydrogen) atoms. The van der Waals surface area contributed by atoms with Crippen molar-refractivity contribution in [1.82, 2.24) is 14.8 Å². The average Bonchev–Trinajstić information content (AvgIpc) is 2.85. The number of halogens is 1. The number of hydrogen-bond donors (Lipinski definition) is 0. The molecule has 8 heteroatoms. The Kier molecular flexibility index (Phi) is 3.96. The Labute approximate surface area is 113 Å². The lowest BCUT2D eigenvalue weighted by molar-refractivity contribution is -0.385. The molecule has 2 aromatic rings. The van der Waals surface area contributed by atoms with Crippen molar-refractivity contribution in [2.45, 2.75) is 12.4 Å². The summed E-state index contributed by atoms with van der Waals surface area (Å²) < 4.78 is 6.63. The molecule has 1 aromatic heterocycles. The minimum absolute atomic E-state index is 0.0260. The highest BCUT2D eigenvalue weighted by Gasteiger charge is 2.12. The smallest absolute Gasteiger partial charge is 0.273 e. The molecule has 2 rings (SSSR count). The van der Waals surface area contributed by atoms with Crippen LogP contribution in [0.2, 0.25) is 0 Å². The second-order valence-electron chi connectivity index (χ2n) is 3.76. The van der Waals surface area contributed by atoms with Gasteiger partial charge in [0, 0.05) is 6.07 Å². The summed E-state index contributed by atoms with van der Waals surface area (Å²) in [6.07, 6.45) is 1.40. The zero-order chi connectivity index (χ0) is 13.8. The summed E-state index contributed by atoms with van der Waals surface area (Å²) in [7, 11) is 1.46. The van der Waals surface area contributed by atoms with Gasteiger partial charge in [-0.25, -0.2) is 9.67 Å². The van der Waals surface area contributed by atoms with Gasteiger partial charge in [-0.3, -0.25) is 10.1 Å². The lowest BCUT2D eigenvalue weighted by Crippen LogP contribution is -2.06. The quantitative estimate of drug-likeness (QED) is 0.476. The van der Waals surface area contributed by atoms with E-state index in [9.17, 15) is 10.1 Å². The number of alkyl halides is 1. The molecule has 1 aromatic carbocycles. The number of ether oxygens (including phenoxy) is 1. The van der Waals surface area contributed by atoms with E-state index in [1.54, 1.807) is 10.7 Å². The monoisotopic (exact) mass is 282 g/mol. The molecule has 0 amide bonds. The normalized spacial score (nSPS) is 10.4. The number of benzene rings is 1. The Morgan fingerprint density at radius 3 is 2.89 bits per heavy atom. The molecule has 0 N–H and O–H groups in total. The standard InChI is InChI=1S/C11H11ClN4O3/c1-19-10-3-8(2-9(4-10)16(17)18)6-15-11(5-12)13-7-14-15/h2-4,7H,5-6H2,1H3. The van der Waals surface area contributed by atoms with Gasteiger partial charge in [-0.1, -0.05) is 0 Å². The Bertz CT molecular complexity index is 599. The molecule has 0 aliphatic heterocycles. The number of non-ortho nitro benzene ring substituents is 1. The first-order valence-electron chi connectivity index (χ1n) is 5.39. The fourth-order valence-electron chi connectivity index (χ4n) is 1.65. The van der Waals surface area contributed by atoms with Crippen LogP contribution in [-0.2, 0) is 12.4 Å². The summed E-state index contributed by atoms with van der Waals surface area (Å²) in [4.78, 5) is 14.4. The molecule has 1 heterocycles. The van der Waals surface area contributed by atoms with E-state index in [0.717, 1.165) is 0 Å². The summed E-state index contributed by atoms with van der Waals surface area (Å²) in [5.41, 5.74) is 0.671. The van der Waals surface area contributed by atoms with Crippen molar-refractivity contribution in [3.8, 4) is 5.75 Å². The third-order valence-electron chi connectivity index (χ3n) is 2.55. The molecule has 0 unspecified atom stereocenters. The summed E-state index contributed by atoms with van der Waals surface area (Å²) in [5.74, 6) is 1.26. The number of nitro groups is 1. The molecule has 0 bridgehead atoms. The van der Waals surface area contributed by atoms with Crippen molar-refractivity contribution in [1.29, 1.82) is 0 Å². The number of nitrogens with zero attached hydrogens (tertiary/aromatic N) is 4. The van der Waals surface area contributed by atoms with Crippen molar-refractivity contribution in [2.24, 2.45) is 0 Å². The fraction of sp³-hybridized carbons (Fsp3) is 0.273. The Morgan fingerprint density at radius 1 is 1.47 bits per heavy atom. The minimum atomic E-state index is -0.462. The summed E-state index contributed by atoms with van der Waals surface area (Å²) in [6, 6.07) is 4.56. The topological polar surface area (TPSA) is 83.1 Å². The summed E-state index contributed by atoms with van der Waals surface area (Å²) in [5, 5.41) is 14.9. The molecule has 0 saturated heterocycles. The van der Waals surface area contributed by atoms with Crippen molar-refractivity contribution in [2.75, 3.05) is 7.11 Å². The van der Waals surface area contributed by atoms with E-state index in [2.05, 4.69) is 10.1 Å². The van der Waals surface area contributed by atoms with E-state index in [-0.39, 0.29) is 11.6 Å². The third-order valence-corrected chi connectivity index (χ3v) is 2.78. The lowest BCUT2D eigenvalue weighted by atomic mass is 10.2. The van der Waals surface area contributed by atoms with Gasteiger partial charge < -0.3 is 4.74 Å². The van der Waals surface area contributed by atoms with E-state index in [1.807, 2.05) is 0 Å². The first-order valence-corrected chi connectivity index (χ1v) is 5.92. The molecule has 0 saturated carbocycles. The molecular weight excluding hydrogens is 272 g/mol. The van der Waals surface area contributed by atoms with E-state index < -0.39 is 4.92 Å². The molecule has 0 radical (unpaired) electrons. The Balaban J connectivity index is 2.34. The maximum absolute atomic E-state index is 10.8. The Morgan fingerprint density at radius 2 is 2.26 bits per heavy atom. The minimum Gasteiger partial charge on any atom is -0.496 e. The van der Waals surface area contributed by atoms with Gasteiger partial charge in [0.1, 0.15) is 17.9 Å². The van der Waals surface area contributed by atoms with Crippen LogP contribution in [0.1, 0.15) is 11.4 Å². The second kappa shape index (κ2) is 5.66. The number of rotatable bonds is 5. The summed E-state index contributed by atoms with van der Waals surface area (Å²) >= 11 is 5.72.